The molecule has 0 radical (unpaired) electrons. The number of hydrogen-bond acceptors (Lipinski definition) is 5. The molecule has 1 unspecified atom stereocenters. The quantitative estimate of drug-likeness (QED) is 0.296. The summed E-state index contributed by atoms with van der Waals surface area (Å²) in [6, 6.07) is 14.4. The van der Waals surface area contributed by atoms with Gasteiger partial charge in [-0.05, 0) is 59.5 Å². The monoisotopic (exact) mass is 465 g/mol. The lowest BCUT2D eigenvalue weighted by atomic mass is 9.85. The number of ketones is 1. The Balaban J connectivity index is 1.96. The molecular formula is C26H24ClNO5. The molecule has 0 bridgehead atoms. The van der Waals surface area contributed by atoms with E-state index >= 15 is 0 Å². The van der Waals surface area contributed by atoms with Gasteiger partial charge in [0.2, 0.25) is 0 Å². The van der Waals surface area contributed by atoms with Crippen molar-refractivity contribution < 1.29 is 23.8 Å². The number of nitrogens with zero attached hydrogens (tertiary/aromatic N) is 1. The third-order valence-corrected chi connectivity index (χ3v) is 5.93. The van der Waals surface area contributed by atoms with E-state index in [1.807, 2.05) is 26.8 Å². The van der Waals surface area contributed by atoms with E-state index < -0.39 is 17.7 Å². The maximum atomic E-state index is 13.2. The lowest BCUT2D eigenvalue weighted by Gasteiger charge is -2.24. The molecule has 0 saturated carbocycles. The Hall–Kier alpha value is -3.51. The predicted molar refractivity (Wildman–Crippen MR) is 127 cm³/mol. The van der Waals surface area contributed by atoms with Gasteiger partial charge in [0.1, 0.15) is 23.3 Å². The molecule has 6 nitrogen and oxygen atoms in total. The third kappa shape index (κ3) is 4.02. The zero-order valence-electron chi connectivity index (χ0n) is 18.8. The van der Waals surface area contributed by atoms with Crippen LogP contribution in [0.4, 0.5) is 5.69 Å². The fraction of sp³-hybridized carbons (Fsp3) is 0.231. The van der Waals surface area contributed by atoms with Crippen molar-refractivity contribution in [1.82, 2.24) is 0 Å². The van der Waals surface area contributed by atoms with E-state index in [9.17, 15) is 14.7 Å². The normalized spacial score (nSPS) is 18.1. The predicted octanol–water partition coefficient (Wildman–Crippen LogP) is 5.87. The number of furan rings is 1. The second-order valence-corrected chi connectivity index (χ2v) is 9.26. The molecule has 0 spiro atoms. The van der Waals surface area contributed by atoms with E-state index in [0.717, 1.165) is 5.56 Å². The molecule has 1 aliphatic rings. The Morgan fingerprint density at radius 2 is 1.79 bits per heavy atom. The van der Waals surface area contributed by atoms with Crippen molar-refractivity contribution in [3.63, 3.8) is 0 Å². The number of ether oxygens (including phenoxy) is 1. The first kappa shape index (κ1) is 22.7. The van der Waals surface area contributed by atoms with Crippen LogP contribution in [0.2, 0.25) is 5.02 Å². The van der Waals surface area contributed by atoms with Gasteiger partial charge >= 0.3 is 0 Å². The van der Waals surface area contributed by atoms with Gasteiger partial charge in [-0.2, -0.15) is 0 Å². The number of methoxy groups -OCH3 is 1. The molecule has 0 aliphatic carbocycles. The van der Waals surface area contributed by atoms with Gasteiger partial charge in [-0.3, -0.25) is 14.5 Å². The minimum absolute atomic E-state index is 0.0748. The van der Waals surface area contributed by atoms with Crippen molar-refractivity contribution in [2.24, 2.45) is 0 Å². The molecule has 7 heteroatoms. The lowest BCUT2D eigenvalue weighted by molar-refractivity contribution is -0.132. The summed E-state index contributed by atoms with van der Waals surface area (Å²) in [5, 5.41) is 11.9. The number of Topliss-reactive ketones (excluding diaryl/α,β-unsaturated/α-hetero) is 1. The number of hydrogen-bond donors (Lipinski definition) is 1. The van der Waals surface area contributed by atoms with E-state index in [-0.39, 0.29) is 16.7 Å². The van der Waals surface area contributed by atoms with Crippen LogP contribution in [-0.4, -0.2) is 23.9 Å². The van der Waals surface area contributed by atoms with Crippen LogP contribution in [0.25, 0.3) is 5.76 Å². The smallest absolute Gasteiger partial charge is 0.300 e. The molecular weight excluding hydrogens is 442 g/mol. The number of amides is 1. The Morgan fingerprint density at radius 3 is 2.36 bits per heavy atom. The second kappa shape index (κ2) is 8.45. The van der Waals surface area contributed by atoms with Crippen molar-refractivity contribution in [2.45, 2.75) is 32.2 Å². The molecule has 2 heterocycles. The van der Waals surface area contributed by atoms with Gasteiger partial charge in [0, 0.05) is 10.7 Å². The van der Waals surface area contributed by atoms with Gasteiger partial charge in [0.15, 0.2) is 0 Å². The van der Waals surface area contributed by atoms with Crippen LogP contribution < -0.4 is 9.64 Å². The average Bonchev–Trinajstić information content (AvgIpc) is 3.40. The van der Waals surface area contributed by atoms with Gasteiger partial charge < -0.3 is 14.3 Å². The fourth-order valence-electron chi connectivity index (χ4n) is 3.92. The number of halogens is 1. The standard InChI is InChI=1S/C26H24ClNO5/c1-26(2,3)15-7-12-19(32-4)18(14-15)23(29)21-22(20-6-5-13-33-20)28(25(31)24(21)30)17-10-8-16(27)9-11-17/h5-14,22,29H,1-4H3/b23-21+. The van der Waals surface area contributed by atoms with Crippen molar-refractivity contribution in [3.8, 4) is 5.75 Å². The van der Waals surface area contributed by atoms with Crippen LogP contribution in [-0.2, 0) is 15.0 Å². The summed E-state index contributed by atoms with van der Waals surface area (Å²) in [6.07, 6.45) is 1.46. The Kier molecular flexibility index (Phi) is 5.80. The van der Waals surface area contributed by atoms with Crippen LogP contribution in [0.15, 0.2) is 70.9 Å². The van der Waals surface area contributed by atoms with Crippen molar-refractivity contribution in [1.29, 1.82) is 0 Å². The van der Waals surface area contributed by atoms with Gasteiger partial charge in [0.05, 0.1) is 24.5 Å². The number of aliphatic hydroxyl groups excluding tert-OH is 1. The average molecular weight is 466 g/mol. The highest BCUT2D eigenvalue weighted by Crippen LogP contribution is 2.44. The Bertz CT molecular complexity index is 1240. The first-order chi connectivity index (χ1) is 15.6. The molecule has 1 aromatic heterocycles. The minimum atomic E-state index is -0.954. The van der Waals surface area contributed by atoms with Crippen molar-refractivity contribution in [2.75, 3.05) is 12.0 Å². The molecule has 3 aromatic rings. The highest BCUT2D eigenvalue weighted by molar-refractivity contribution is 6.51. The third-order valence-electron chi connectivity index (χ3n) is 5.68. The highest BCUT2D eigenvalue weighted by Gasteiger charge is 2.48. The van der Waals surface area contributed by atoms with Gasteiger partial charge in [-0.1, -0.05) is 38.4 Å². The summed E-state index contributed by atoms with van der Waals surface area (Å²) in [4.78, 5) is 27.7. The molecule has 1 amide bonds. The van der Waals surface area contributed by atoms with E-state index in [0.29, 0.717) is 27.8 Å². The second-order valence-electron chi connectivity index (χ2n) is 8.83. The summed E-state index contributed by atoms with van der Waals surface area (Å²) in [7, 11) is 1.49. The molecule has 2 aromatic carbocycles. The largest absolute Gasteiger partial charge is 0.507 e. The number of carbonyl (C=O) groups is 2. The number of rotatable bonds is 4. The van der Waals surface area contributed by atoms with Crippen LogP contribution in [0, 0.1) is 0 Å². The van der Waals surface area contributed by atoms with E-state index in [1.54, 1.807) is 48.5 Å². The molecule has 1 N–H and O–H groups in total. The van der Waals surface area contributed by atoms with Crippen LogP contribution in [0.5, 0.6) is 5.75 Å². The molecule has 170 valence electrons. The maximum absolute atomic E-state index is 13.2. The fourth-order valence-corrected chi connectivity index (χ4v) is 4.05. The van der Waals surface area contributed by atoms with Gasteiger partial charge in [-0.15, -0.1) is 0 Å². The molecule has 4 rings (SSSR count). The number of carbonyl (C=O) groups excluding carboxylic acids is 2. The van der Waals surface area contributed by atoms with E-state index in [2.05, 4.69) is 0 Å². The molecule has 1 aliphatic heterocycles. The first-order valence-electron chi connectivity index (χ1n) is 10.4. The molecule has 1 atom stereocenters. The summed E-state index contributed by atoms with van der Waals surface area (Å²) in [6.45, 7) is 6.13. The van der Waals surface area contributed by atoms with E-state index in [1.165, 1.54) is 18.3 Å². The summed E-state index contributed by atoms with van der Waals surface area (Å²) in [5.74, 6) is -1.18. The van der Waals surface area contributed by atoms with Gasteiger partial charge in [-0.25, -0.2) is 0 Å². The number of aliphatic hydroxyl groups is 1. The Morgan fingerprint density at radius 1 is 1.09 bits per heavy atom. The minimum Gasteiger partial charge on any atom is -0.507 e. The summed E-state index contributed by atoms with van der Waals surface area (Å²) < 4.78 is 11.1. The van der Waals surface area contributed by atoms with Gasteiger partial charge in [0.25, 0.3) is 11.7 Å². The molecule has 33 heavy (non-hydrogen) atoms. The SMILES string of the molecule is COc1ccc(C(C)(C)C)cc1/C(O)=C1\C(=O)C(=O)N(c2ccc(Cl)cc2)C1c1ccco1. The van der Waals surface area contributed by atoms with Crippen LogP contribution >= 0.6 is 11.6 Å². The molecule has 1 fully saturated rings. The highest BCUT2D eigenvalue weighted by atomic mass is 35.5. The Labute approximate surface area is 197 Å². The van der Waals surface area contributed by atoms with Crippen LogP contribution in [0.1, 0.15) is 43.7 Å². The van der Waals surface area contributed by atoms with Crippen LogP contribution in [0.3, 0.4) is 0 Å². The zero-order valence-corrected chi connectivity index (χ0v) is 19.5. The summed E-state index contributed by atoms with van der Waals surface area (Å²) >= 11 is 6.01. The molecule has 1 saturated heterocycles. The maximum Gasteiger partial charge on any atom is 0.300 e. The van der Waals surface area contributed by atoms with Crippen molar-refractivity contribution >= 4 is 34.7 Å². The zero-order chi connectivity index (χ0) is 23.9. The topological polar surface area (TPSA) is 80.0 Å². The van der Waals surface area contributed by atoms with E-state index in [4.69, 9.17) is 20.8 Å². The first-order valence-corrected chi connectivity index (χ1v) is 10.8. The number of benzene rings is 2. The van der Waals surface area contributed by atoms with Crippen molar-refractivity contribution in [3.05, 3.63) is 88.3 Å². The summed E-state index contributed by atoms with van der Waals surface area (Å²) in [5.41, 5.74) is 1.44. The lowest BCUT2D eigenvalue weighted by Crippen LogP contribution is -2.29. The number of anilines is 1.